The lowest BCUT2D eigenvalue weighted by atomic mass is 9.94. The maximum absolute atomic E-state index is 13.1. The van der Waals surface area contributed by atoms with Gasteiger partial charge >= 0.3 is 0 Å². The van der Waals surface area contributed by atoms with Crippen LogP contribution in [0.1, 0.15) is 32.6 Å². The average molecular weight is 448 g/mol. The summed E-state index contributed by atoms with van der Waals surface area (Å²) in [6.07, 6.45) is 4.86. The summed E-state index contributed by atoms with van der Waals surface area (Å²) in [4.78, 5) is 17.7. The van der Waals surface area contributed by atoms with Crippen molar-refractivity contribution in [2.24, 2.45) is 11.8 Å². The topological polar surface area (TPSA) is 57.2 Å². The first-order chi connectivity index (χ1) is 14.5. The Morgan fingerprint density at radius 1 is 1.20 bits per heavy atom. The summed E-state index contributed by atoms with van der Waals surface area (Å²) in [5.41, 5.74) is 0.885. The maximum Gasteiger partial charge on any atom is 0.242 e. The Kier molecular flexibility index (Phi) is 6.91. The van der Waals surface area contributed by atoms with E-state index in [9.17, 15) is 4.79 Å². The van der Waals surface area contributed by atoms with Crippen LogP contribution in [-0.2, 0) is 11.3 Å². The number of carbonyl (C=O) groups is 1. The third-order valence-corrected chi connectivity index (χ3v) is 6.98. The highest BCUT2D eigenvalue weighted by atomic mass is 35.5. The summed E-state index contributed by atoms with van der Waals surface area (Å²) < 4.78 is 2.25. The van der Waals surface area contributed by atoms with Gasteiger partial charge in [0.1, 0.15) is 6.54 Å². The van der Waals surface area contributed by atoms with Gasteiger partial charge in [-0.3, -0.25) is 14.5 Å². The van der Waals surface area contributed by atoms with Crippen molar-refractivity contribution in [3.05, 3.63) is 34.1 Å². The average Bonchev–Trinajstić information content (AvgIpc) is 3.11. The Morgan fingerprint density at radius 2 is 1.93 bits per heavy atom. The second kappa shape index (κ2) is 9.62. The van der Waals surface area contributed by atoms with Crippen molar-refractivity contribution >= 4 is 29.7 Å². The molecule has 1 N–H and O–H groups in total. The number of hydrogen-bond donors (Lipinski definition) is 1. The molecule has 3 heterocycles. The van der Waals surface area contributed by atoms with Crippen LogP contribution in [0.2, 0.25) is 5.02 Å². The molecule has 0 aliphatic carbocycles. The molecule has 2 aliphatic heterocycles. The minimum Gasteiger partial charge on any atom is -0.341 e. The normalized spacial score (nSPS) is 21.1. The van der Waals surface area contributed by atoms with Gasteiger partial charge in [0.15, 0.2) is 10.6 Å². The van der Waals surface area contributed by atoms with Gasteiger partial charge in [0.2, 0.25) is 5.91 Å². The van der Waals surface area contributed by atoms with Crippen molar-refractivity contribution in [1.29, 1.82) is 0 Å². The number of benzene rings is 1. The Balaban J connectivity index is 1.40. The van der Waals surface area contributed by atoms with Crippen LogP contribution in [-0.4, -0.2) is 63.2 Å². The van der Waals surface area contributed by atoms with Crippen molar-refractivity contribution in [2.45, 2.75) is 39.2 Å². The van der Waals surface area contributed by atoms with Gasteiger partial charge in [-0.15, -0.1) is 0 Å². The lowest BCUT2D eigenvalue weighted by molar-refractivity contribution is -0.133. The van der Waals surface area contributed by atoms with Crippen LogP contribution in [0, 0.1) is 16.6 Å². The van der Waals surface area contributed by atoms with E-state index in [0.29, 0.717) is 21.5 Å². The number of aromatic amines is 1. The zero-order chi connectivity index (χ0) is 21.1. The molecule has 4 rings (SSSR count). The molecule has 162 valence electrons. The summed E-state index contributed by atoms with van der Waals surface area (Å²) in [7, 11) is 0. The van der Waals surface area contributed by atoms with E-state index in [0.717, 1.165) is 37.5 Å². The molecule has 2 fully saturated rings. The van der Waals surface area contributed by atoms with Crippen molar-refractivity contribution < 1.29 is 4.79 Å². The quantitative estimate of drug-likeness (QED) is 0.697. The van der Waals surface area contributed by atoms with E-state index in [1.54, 1.807) is 4.57 Å². The summed E-state index contributed by atoms with van der Waals surface area (Å²) in [6, 6.07) is 7.42. The van der Waals surface area contributed by atoms with Crippen molar-refractivity contribution in [2.75, 3.05) is 32.7 Å². The second-order valence-corrected chi connectivity index (χ2v) is 9.60. The van der Waals surface area contributed by atoms with E-state index in [1.165, 1.54) is 32.4 Å². The molecule has 0 radical (unpaired) electrons. The number of carbonyl (C=O) groups excluding carboxylic acids is 1. The van der Waals surface area contributed by atoms with Crippen LogP contribution >= 0.6 is 23.8 Å². The molecule has 0 saturated carbocycles. The number of halogens is 1. The van der Waals surface area contributed by atoms with E-state index in [4.69, 9.17) is 23.8 Å². The van der Waals surface area contributed by atoms with E-state index < -0.39 is 0 Å². The van der Waals surface area contributed by atoms with Crippen LogP contribution in [0.15, 0.2) is 24.3 Å². The van der Waals surface area contributed by atoms with Crippen LogP contribution < -0.4 is 0 Å². The predicted octanol–water partition coefficient (Wildman–Crippen LogP) is 4.23. The number of amides is 1. The molecule has 2 aliphatic rings. The predicted molar refractivity (Wildman–Crippen MR) is 122 cm³/mol. The molecular weight excluding hydrogens is 418 g/mol. The Bertz CT molecular complexity index is 916. The maximum atomic E-state index is 13.1. The molecule has 1 aromatic carbocycles. The van der Waals surface area contributed by atoms with Crippen molar-refractivity contribution in [1.82, 2.24) is 24.6 Å². The molecule has 0 bridgehead atoms. The molecule has 2 saturated heterocycles. The van der Waals surface area contributed by atoms with Gasteiger partial charge in [0, 0.05) is 30.2 Å². The van der Waals surface area contributed by atoms with Crippen molar-refractivity contribution in [3.63, 3.8) is 0 Å². The molecular formula is C22H30ClN5OS. The molecule has 6 nitrogen and oxygen atoms in total. The molecule has 1 amide bonds. The fraction of sp³-hybridized carbons (Fsp3) is 0.591. The molecule has 1 aromatic heterocycles. The van der Waals surface area contributed by atoms with Crippen LogP contribution in [0.25, 0.3) is 11.4 Å². The first-order valence-corrected chi connectivity index (χ1v) is 11.7. The fourth-order valence-electron chi connectivity index (χ4n) is 4.57. The fourth-order valence-corrected chi connectivity index (χ4v) is 4.89. The molecule has 0 spiro atoms. The third-order valence-electron chi connectivity index (χ3n) is 6.42. The summed E-state index contributed by atoms with van der Waals surface area (Å²) in [6.45, 7) is 7.72. The minimum absolute atomic E-state index is 0.111. The number of rotatable bonds is 5. The van der Waals surface area contributed by atoms with Gasteiger partial charge in [-0.25, -0.2) is 0 Å². The van der Waals surface area contributed by atoms with E-state index >= 15 is 0 Å². The SMILES string of the molecule is CC1CCN(CC2CCCN(C(=O)Cn3c(-c4ccc(Cl)cc4)n[nH]c3=S)C2)CC1. The molecule has 8 heteroatoms. The largest absolute Gasteiger partial charge is 0.341 e. The van der Waals surface area contributed by atoms with E-state index in [-0.39, 0.29) is 12.5 Å². The summed E-state index contributed by atoms with van der Waals surface area (Å²) in [5, 5.41) is 7.83. The zero-order valence-corrected chi connectivity index (χ0v) is 19.1. The summed E-state index contributed by atoms with van der Waals surface area (Å²) >= 11 is 11.4. The first-order valence-electron chi connectivity index (χ1n) is 10.9. The molecule has 2 aromatic rings. The summed E-state index contributed by atoms with van der Waals surface area (Å²) in [5.74, 6) is 2.19. The molecule has 1 atom stereocenters. The zero-order valence-electron chi connectivity index (χ0n) is 17.5. The smallest absolute Gasteiger partial charge is 0.242 e. The highest BCUT2D eigenvalue weighted by Gasteiger charge is 2.27. The Hall–Kier alpha value is -1.70. The molecule has 1 unspecified atom stereocenters. The van der Waals surface area contributed by atoms with Gasteiger partial charge < -0.3 is 9.80 Å². The number of likely N-dealkylation sites (tertiary alicyclic amines) is 2. The minimum atomic E-state index is 0.111. The number of nitrogens with zero attached hydrogens (tertiary/aromatic N) is 4. The Morgan fingerprint density at radius 3 is 2.67 bits per heavy atom. The van der Waals surface area contributed by atoms with Gasteiger partial charge in [-0.2, -0.15) is 5.10 Å². The van der Waals surface area contributed by atoms with Gasteiger partial charge in [0.25, 0.3) is 0 Å². The number of nitrogens with one attached hydrogen (secondary N) is 1. The number of piperidine rings is 2. The van der Waals surface area contributed by atoms with Gasteiger partial charge in [-0.1, -0.05) is 18.5 Å². The highest BCUT2D eigenvalue weighted by Crippen LogP contribution is 2.23. The number of aromatic nitrogens is 3. The number of H-pyrrole nitrogens is 1. The Labute approximate surface area is 188 Å². The molecule has 30 heavy (non-hydrogen) atoms. The number of hydrogen-bond acceptors (Lipinski definition) is 4. The standard InChI is InChI=1S/C22H30ClN5OS/c1-16-8-11-26(12-9-16)13-17-3-2-10-27(14-17)20(29)15-28-21(24-25-22(28)30)18-4-6-19(23)7-5-18/h4-7,16-17H,2-3,8-15H2,1H3,(H,25,30). The van der Waals surface area contributed by atoms with E-state index in [2.05, 4.69) is 22.0 Å². The highest BCUT2D eigenvalue weighted by molar-refractivity contribution is 7.71. The van der Waals surface area contributed by atoms with Crippen LogP contribution in [0.3, 0.4) is 0 Å². The van der Waals surface area contributed by atoms with Crippen molar-refractivity contribution in [3.8, 4) is 11.4 Å². The van der Waals surface area contributed by atoms with Crippen LogP contribution in [0.4, 0.5) is 0 Å². The lowest BCUT2D eigenvalue weighted by Crippen LogP contribution is -2.46. The second-order valence-electron chi connectivity index (χ2n) is 8.78. The third kappa shape index (κ3) is 5.13. The van der Waals surface area contributed by atoms with E-state index in [1.807, 2.05) is 29.2 Å². The van der Waals surface area contributed by atoms with Gasteiger partial charge in [0.05, 0.1) is 0 Å². The monoisotopic (exact) mass is 447 g/mol. The van der Waals surface area contributed by atoms with Crippen LogP contribution in [0.5, 0.6) is 0 Å². The first kappa shape index (κ1) is 21.5. The van der Waals surface area contributed by atoms with Gasteiger partial charge in [-0.05, 0) is 87.1 Å². The lowest BCUT2D eigenvalue weighted by Gasteiger charge is -2.38.